The topological polar surface area (TPSA) is 128 Å². The molecular formula is C22H29Cl2N7O. The second-order valence-corrected chi connectivity index (χ2v) is 7.54. The van der Waals surface area contributed by atoms with E-state index in [4.69, 9.17) is 11.5 Å². The van der Waals surface area contributed by atoms with Crippen molar-refractivity contribution in [1.82, 2.24) is 15.0 Å². The van der Waals surface area contributed by atoms with Crippen LogP contribution in [0.4, 0.5) is 0 Å². The summed E-state index contributed by atoms with van der Waals surface area (Å²) in [6.45, 7) is 7.86. The van der Waals surface area contributed by atoms with Crippen LogP contribution in [0.15, 0.2) is 58.6 Å². The molecule has 0 amide bonds. The second kappa shape index (κ2) is 11.5. The van der Waals surface area contributed by atoms with Crippen molar-refractivity contribution in [3.05, 3.63) is 59.8 Å². The molecule has 0 saturated heterocycles. The molecule has 2 aromatic carbocycles. The third-order valence-electron chi connectivity index (χ3n) is 4.28. The van der Waals surface area contributed by atoms with Crippen molar-refractivity contribution in [3.63, 3.8) is 0 Å². The van der Waals surface area contributed by atoms with Crippen LogP contribution >= 0.6 is 24.8 Å². The minimum atomic E-state index is 0. The molecule has 10 heteroatoms. The highest BCUT2D eigenvalue weighted by Gasteiger charge is 2.13. The highest BCUT2D eigenvalue weighted by atomic mass is 35.5. The van der Waals surface area contributed by atoms with Crippen LogP contribution in [-0.4, -0.2) is 43.9 Å². The standard InChI is InChI=1S/C22H27N7O.2ClH/c1-13(2)25-21(23)15-5-8-17(9-6-15)29-12-19(27-28-29)18-11-16(7-10-20(18)30)22(24)26-14(3)4;;/h5-14,30H,1-4H3,(H2,23,25)(H2,24,26);2*1H. The summed E-state index contributed by atoms with van der Waals surface area (Å²) in [6, 6.07) is 12.8. The molecule has 0 bridgehead atoms. The van der Waals surface area contributed by atoms with Crippen molar-refractivity contribution in [2.45, 2.75) is 39.8 Å². The van der Waals surface area contributed by atoms with Crippen molar-refractivity contribution in [2.75, 3.05) is 0 Å². The van der Waals surface area contributed by atoms with Crippen LogP contribution < -0.4 is 11.5 Å². The molecule has 0 aliphatic carbocycles. The molecule has 3 aromatic rings. The molecule has 0 atom stereocenters. The minimum Gasteiger partial charge on any atom is -0.507 e. The highest BCUT2D eigenvalue weighted by molar-refractivity contribution is 5.99. The maximum atomic E-state index is 10.3. The lowest BCUT2D eigenvalue weighted by molar-refractivity contribution is 0.477. The number of phenolic OH excluding ortho intramolecular Hbond substituents is 1. The SMILES string of the molecule is CC(C)N=C(N)c1ccc(-n2cc(-c3cc(C(N)=NC(C)C)ccc3O)nn2)cc1.Cl.Cl. The van der Waals surface area contributed by atoms with Gasteiger partial charge in [-0.05, 0) is 70.2 Å². The molecule has 172 valence electrons. The fourth-order valence-corrected chi connectivity index (χ4v) is 2.90. The van der Waals surface area contributed by atoms with E-state index in [1.807, 2.05) is 52.0 Å². The van der Waals surface area contributed by atoms with Crippen molar-refractivity contribution < 1.29 is 5.11 Å². The van der Waals surface area contributed by atoms with Crippen LogP contribution in [-0.2, 0) is 0 Å². The van der Waals surface area contributed by atoms with Crippen LogP contribution in [0.2, 0.25) is 0 Å². The molecule has 0 unspecified atom stereocenters. The molecular weight excluding hydrogens is 449 g/mol. The first-order chi connectivity index (χ1) is 14.2. The lowest BCUT2D eigenvalue weighted by atomic mass is 10.1. The van der Waals surface area contributed by atoms with E-state index in [9.17, 15) is 5.11 Å². The number of amidine groups is 2. The first-order valence-corrected chi connectivity index (χ1v) is 9.78. The van der Waals surface area contributed by atoms with E-state index in [-0.39, 0.29) is 42.6 Å². The van der Waals surface area contributed by atoms with Gasteiger partial charge in [-0.2, -0.15) is 0 Å². The Kier molecular flexibility index (Phi) is 9.68. The van der Waals surface area contributed by atoms with Gasteiger partial charge in [-0.1, -0.05) is 5.21 Å². The quantitative estimate of drug-likeness (QED) is 0.368. The zero-order valence-corrected chi connectivity index (χ0v) is 20.1. The van der Waals surface area contributed by atoms with Gasteiger partial charge in [-0.25, -0.2) is 4.68 Å². The third kappa shape index (κ3) is 6.45. The zero-order valence-electron chi connectivity index (χ0n) is 18.4. The normalized spacial score (nSPS) is 11.9. The van der Waals surface area contributed by atoms with Gasteiger partial charge in [0.15, 0.2) is 0 Å². The Bertz CT molecular complexity index is 1090. The Morgan fingerprint density at radius 2 is 1.41 bits per heavy atom. The average Bonchev–Trinajstić information content (AvgIpc) is 3.17. The monoisotopic (exact) mass is 477 g/mol. The Labute approximate surface area is 200 Å². The molecule has 1 aromatic heterocycles. The number of phenols is 1. The summed E-state index contributed by atoms with van der Waals surface area (Å²) in [7, 11) is 0. The van der Waals surface area contributed by atoms with Crippen LogP contribution in [0.25, 0.3) is 16.9 Å². The maximum Gasteiger partial charge on any atom is 0.125 e. The number of nitrogens with two attached hydrogens (primary N) is 2. The lowest BCUT2D eigenvalue weighted by Gasteiger charge is -2.07. The molecule has 0 aliphatic heterocycles. The molecule has 1 heterocycles. The molecule has 3 rings (SSSR count). The molecule has 0 radical (unpaired) electrons. The number of aliphatic imine (C=N–C) groups is 2. The smallest absolute Gasteiger partial charge is 0.125 e. The van der Waals surface area contributed by atoms with E-state index in [2.05, 4.69) is 20.3 Å². The van der Waals surface area contributed by atoms with Crippen LogP contribution in [0, 0.1) is 0 Å². The Balaban J connectivity index is 0.00000256. The Morgan fingerprint density at radius 3 is 1.97 bits per heavy atom. The summed E-state index contributed by atoms with van der Waals surface area (Å²) >= 11 is 0. The number of aromatic hydroxyl groups is 1. The summed E-state index contributed by atoms with van der Waals surface area (Å²) in [6.07, 6.45) is 1.75. The second-order valence-electron chi connectivity index (χ2n) is 7.54. The molecule has 0 saturated carbocycles. The van der Waals surface area contributed by atoms with Gasteiger partial charge in [0.1, 0.15) is 23.1 Å². The number of nitrogens with zero attached hydrogens (tertiary/aromatic N) is 5. The summed E-state index contributed by atoms with van der Waals surface area (Å²) in [4.78, 5) is 8.71. The highest BCUT2D eigenvalue weighted by Crippen LogP contribution is 2.29. The van der Waals surface area contributed by atoms with E-state index in [1.165, 1.54) is 0 Å². The van der Waals surface area contributed by atoms with E-state index in [0.29, 0.717) is 22.9 Å². The van der Waals surface area contributed by atoms with Crippen molar-refractivity contribution >= 4 is 36.5 Å². The maximum absolute atomic E-state index is 10.3. The molecule has 0 spiro atoms. The van der Waals surface area contributed by atoms with Gasteiger partial charge in [0, 0.05) is 28.8 Å². The third-order valence-corrected chi connectivity index (χ3v) is 4.28. The summed E-state index contributed by atoms with van der Waals surface area (Å²) in [5.74, 6) is 1.00. The average molecular weight is 478 g/mol. The first-order valence-electron chi connectivity index (χ1n) is 9.78. The van der Waals surface area contributed by atoms with Crippen LogP contribution in [0.3, 0.4) is 0 Å². The van der Waals surface area contributed by atoms with Gasteiger partial charge in [-0.15, -0.1) is 29.9 Å². The van der Waals surface area contributed by atoms with Gasteiger partial charge < -0.3 is 16.6 Å². The van der Waals surface area contributed by atoms with E-state index >= 15 is 0 Å². The van der Waals surface area contributed by atoms with Gasteiger partial charge in [0.2, 0.25) is 0 Å². The number of hydrogen-bond donors (Lipinski definition) is 3. The number of benzene rings is 2. The van der Waals surface area contributed by atoms with Crippen molar-refractivity contribution in [1.29, 1.82) is 0 Å². The van der Waals surface area contributed by atoms with Gasteiger partial charge in [0.25, 0.3) is 0 Å². The van der Waals surface area contributed by atoms with E-state index < -0.39 is 0 Å². The van der Waals surface area contributed by atoms with Crippen molar-refractivity contribution in [2.24, 2.45) is 21.5 Å². The fraction of sp³-hybridized carbons (Fsp3) is 0.273. The van der Waals surface area contributed by atoms with Gasteiger partial charge >= 0.3 is 0 Å². The predicted molar refractivity (Wildman–Crippen MR) is 135 cm³/mol. The summed E-state index contributed by atoms with van der Waals surface area (Å²) in [5, 5.41) is 18.7. The molecule has 32 heavy (non-hydrogen) atoms. The molecule has 0 fully saturated rings. The Morgan fingerprint density at radius 1 is 0.875 bits per heavy atom. The summed E-state index contributed by atoms with van der Waals surface area (Å²) in [5.41, 5.74) is 15.5. The van der Waals surface area contributed by atoms with Crippen LogP contribution in [0.1, 0.15) is 38.8 Å². The first kappa shape index (κ1) is 26.9. The lowest BCUT2D eigenvalue weighted by Crippen LogP contribution is -2.15. The predicted octanol–water partition coefficient (Wildman–Crippen LogP) is 3.71. The largest absolute Gasteiger partial charge is 0.507 e. The number of aromatic nitrogens is 3. The van der Waals surface area contributed by atoms with E-state index in [1.54, 1.807) is 29.1 Å². The fourth-order valence-electron chi connectivity index (χ4n) is 2.90. The number of hydrogen-bond acceptors (Lipinski definition) is 5. The number of rotatable bonds is 6. The molecule has 0 aliphatic rings. The number of halogens is 2. The zero-order chi connectivity index (χ0) is 21.8. The van der Waals surface area contributed by atoms with Crippen molar-refractivity contribution in [3.8, 4) is 22.7 Å². The van der Waals surface area contributed by atoms with Gasteiger partial charge in [-0.3, -0.25) is 9.98 Å². The molecule has 5 N–H and O–H groups in total. The minimum absolute atomic E-state index is 0. The van der Waals surface area contributed by atoms with Gasteiger partial charge in [0.05, 0.1) is 11.9 Å². The molecule has 8 nitrogen and oxygen atoms in total. The van der Waals surface area contributed by atoms with E-state index in [0.717, 1.165) is 16.8 Å². The van der Waals surface area contributed by atoms with Crippen LogP contribution in [0.5, 0.6) is 5.75 Å². The Hall–Kier alpha value is -3.10. The summed E-state index contributed by atoms with van der Waals surface area (Å²) < 4.78 is 1.63.